The number of hydrogen-bond donors (Lipinski definition) is 1. The lowest BCUT2D eigenvalue weighted by molar-refractivity contribution is 0.483. The molecule has 5 heteroatoms. The third-order valence-electron chi connectivity index (χ3n) is 2.78. The summed E-state index contributed by atoms with van der Waals surface area (Å²) in [6.45, 7) is 6.21. The molecule has 0 aromatic carbocycles. The van der Waals surface area contributed by atoms with Crippen LogP contribution in [0.3, 0.4) is 0 Å². The van der Waals surface area contributed by atoms with Crippen molar-refractivity contribution in [2.75, 3.05) is 5.32 Å². The van der Waals surface area contributed by atoms with Gasteiger partial charge in [0.2, 0.25) is 0 Å². The first-order chi connectivity index (χ1) is 8.49. The fourth-order valence-corrected chi connectivity index (χ4v) is 1.89. The van der Waals surface area contributed by atoms with Crippen LogP contribution in [0.5, 0.6) is 0 Å². The second-order valence-electron chi connectivity index (χ2n) is 4.55. The fourth-order valence-electron chi connectivity index (χ4n) is 1.70. The molecule has 0 aliphatic heterocycles. The van der Waals surface area contributed by atoms with Gasteiger partial charge in [-0.25, -0.2) is 9.37 Å². The second-order valence-corrected chi connectivity index (χ2v) is 4.91. The fraction of sp³-hybridized carbons (Fsp3) is 0.538. The SMILES string of the molecule is CCC[C@@H](Nc1nc(Cl)c(C#N)cc1F)C(C)C. The third kappa shape index (κ3) is 3.58. The summed E-state index contributed by atoms with van der Waals surface area (Å²) in [6.07, 6.45) is 1.93. The Balaban J connectivity index is 2.97. The van der Waals surface area contributed by atoms with Gasteiger partial charge in [-0.3, -0.25) is 0 Å². The Labute approximate surface area is 112 Å². The van der Waals surface area contributed by atoms with Gasteiger partial charge in [-0.15, -0.1) is 0 Å². The maximum absolute atomic E-state index is 13.7. The molecular formula is C13H17ClFN3. The summed E-state index contributed by atoms with van der Waals surface area (Å²) in [4.78, 5) is 3.90. The van der Waals surface area contributed by atoms with Gasteiger partial charge in [0.25, 0.3) is 0 Å². The van der Waals surface area contributed by atoms with Gasteiger partial charge in [0.15, 0.2) is 11.6 Å². The molecule has 1 atom stereocenters. The van der Waals surface area contributed by atoms with Crippen LogP contribution in [0.1, 0.15) is 39.2 Å². The summed E-state index contributed by atoms with van der Waals surface area (Å²) in [5.74, 6) is -0.0654. The van der Waals surface area contributed by atoms with Crippen molar-refractivity contribution < 1.29 is 4.39 Å². The van der Waals surface area contributed by atoms with E-state index >= 15 is 0 Å². The van der Waals surface area contributed by atoms with E-state index < -0.39 is 5.82 Å². The van der Waals surface area contributed by atoms with Crippen LogP contribution in [-0.4, -0.2) is 11.0 Å². The minimum atomic E-state index is -0.544. The molecule has 3 nitrogen and oxygen atoms in total. The third-order valence-corrected chi connectivity index (χ3v) is 3.06. The number of nitrogens with one attached hydrogen (secondary N) is 1. The lowest BCUT2D eigenvalue weighted by Crippen LogP contribution is -2.26. The van der Waals surface area contributed by atoms with Gasteiger partial charge in [0, 0.05) is 6.04 Å². The van der Waals surface area contributed by atoms with Crippen LogP contribution in [0.15, 0.2) is 6.07 Å². The molecule has 0 bridgehead atoms. The molecule has 0 aliphatic carbocycles. The van der Waals surface area contributed by atoms with Crippen LogP contribution in [0.2, 0.25) is 5.15 Å². The monoisotopic (exact) mass is 269 g/mol. The van der Waals surface area contributed by atoms with Gasteiger partial charge in [0.1, 0.15) is 11.2 Å². The van der Waals surface area contributed by atoms with Crippen LogP contribution in [-0.2, 0) is 0 Å². The van der Waals surface area contributed by atoms with E-state index in [0.29, 0.717) is 5.92 Å². The molecule has 1 rings (SSSR count). The van der Waals surface area contributed by atoms with Crippen LogP contribution >= 0.6 is 11.6 Å². The molecule has 98 valence electrons. The summed E-state index contributed by atoms with van der Waals surface area (Å²) < 4.78 is 13.7. The van der Waals surface area contributed by atoms with Gasteiger partial charge in [-0.05, 0) is 18.4 Å². The van der Waals surface area contributed by atoms with E-state index in [4.69, 9.17) is 16.9 Å². The van der Waals surface area contributed by atoms with Crippen molar-refractivity contribution in [2.24, 2.45) is 5.92 Å². The zero-order chi connectivity index (χ0) is 13.7. The average Bonchev–Trinajstić information content (AvgIpc) is 2.32. The van der Waals surface area contributed by atoms with Crippen molar-refractivity contribution in [3.05, 3.63) is 22.6 Å². The summed E-state index contributed by atoms with van der Waals surface area (Å²) >= 11 is 5.80. The minimum Gasteiger partial charge on any atom is -0.365 e. The van der Waals surface area contributed by atoms with E-state index in [1.165, 1.54) is 0 Å². The molecular weight excluding hydrogens is 253 g/mol. The van der Waals surface area contributed by atoms with E-state index in [9.17, 15) is 4.39 Å². The molecule has 1 heterocycles. The van der Waals surface area contributed by atoms with Gasteiger partial charge in [-0.1, -0.05) is 38.8 Å². The number of nitriles is 1. The number of rotatable bonds is 5. The van der Waals surface area contributed by atoms with Crippen LogP contribution < -0.4 is 5.32 Å². The zero-order valence-electron chi connectivity index (χ0n) is 10.8. The highest BCUT2D eigenvalue weighted by Gasteiger charge is 2.16. The maximum atomic E-state index is 13.7. The van der Waals surface area contributed by atoms with Crippen LogP contribution in [0.4, 0.5) is 10.2 Å². The zero-order valence-corrected chi connectivity index (χ0v) is 11.6. The molecule has 0 saturated heterocycles. The molecule has 1 aromatic heterocycles. The van der Waals surface area contributed by atoms with Gasteiger partial charge < -0.3 is 5.32 Å². The van der Waals surface area contributed by atoms with Crippen molar-refractivity contribution in [3.63, 3.8) is 0 Å². The molecule has 0 spiro atoms. The molecule has 0 radical (unpaired) electrons. The molecule has 0 fully saturated rings. The number of hydrogen-bond acceptors (Lipinski definition) is 3. The largest absolute Gasteiger partial charge is 0.365 e. The van der Waals surface area contributed by atoms with Gasteiger partial charge in [0.05, 0.1) is 5.56 Å². The first kappa shape index (κ1) is 14.7. The molecule has 0 saturated carbocycles. The summed E-state index contributed by atoms with van der Waals surface area (Å²) in [5, 5.41) is 11.8. The van der Waals surface area contributed by atoms with E-state index in [1.54, 1.807) is 6.07 Å². The van der Waals surface area contributed by atoms with Crippen molar-refractivity contribution in [3.8, 4) is 6.07 Å². The van der Waals surface area contributed by atoms with Crippen molar-refractivity contribution in [2.45, 2.75) is 39.7 Å². The number of halogens is 2. The topological polar surface area (TPSA) is 48.7 Å². The Hall–Kier alpha value is -1.34. The van der Waals surface area contributed by atoms with Crippen molar-refractivity contribution >= 4 is 17.4 Å². The Kier molecular flexibility index (Phi) is 5.36. The Morgan fingerprint density at radius 2 is 2.22 bits per heavy atom. The average molecular weight is 270 g/mol. The number of anilines is 1. The molecule has 0 amide bonds. The minimum absolute atomic E-state index is 0.0282. The quantitative estimate of drug-likeness (QED) is 0.823. The molecule has 0 aliphatic rings. The molecule has 1 N–H and O–H groups in total. The smallest absolute Gasteiger partial charge is 0.166 e. The van der Waals surface area contributed by atoms with Gasteiger partial charge in [-0.2, -0.15) is 5.26 Å². The van der Waals surface area contributed by atoms with E-state index in [-0.39, 0.29) is 22.6 Å². The standard InChI is InChI=1S/C13H17ClFN3/c1-4-5-11(8(2)3)17-13-10(15)6-9(7-16)12(14)18-13/h6,8,11H,4-5H2,1-3H3,(H,17,18)/t11-/m1/s1. The van der Waals surface area contributed by atoms with E-state index in [1.807, 2.05) is 0 Å². The summed E-state index contributed by atoms with van der Waals surface area (Å²) in [7, 11) is 0. The van der Waals surface area contributed by atoms with E-state index in [2.05, 4.69) is 31.1 Å². The Bertz CT molecular complexity index is 454. The first-order valence-electron chi connectivity index (χ1n) is 6.02. The molecule has 0 unspecified atom stereocenters. The summed E-state index contributed by atoms with van der Waals surface area (Å²) in [6, 6.07) is 3.05. The Morgan fingerprint density at radius 1 is 1.56 bits per heavy atom. The number of aromatic nitrogens is 1. The highest BCUT2D eigenvalue weighted by atomic mass is 35.5. The predicted molar refractivity (Wildman–Crippen MR) is 71.1 cm³/mol. The Morgan fingerprint density at radius 3 is 2.72 bits per heavy atom. The predicted octanol–water partition coefficient (Wildman–Crippen LogP) is 3.98. The first-order valence-corrected chi connectivity index (χ1v) is 6.40. The number of nitrogens with zero attached hydrogens (tertiary/aromatic N) is 2. The number of pyridine rings is 1. The lowest BCUT2D eigenvalue weighted by atomic mass is 10.00. The maximum Gasteiger partial charge on any atom is 0.166 e. The van der Waals surface area contributed by atoms with Crippen molar-refractivity contribution in [1.82, 2.24) is 4.98 Å². The molecule has 18 heavy (non-hydrogen) atoms. The summed E-state index contributed by atoms with van der Waals surface area (Å²) in [5.41, 5.74) is 0.0521. The second kappa shape index (κ2) is 6.55. The lowest BCUT2D eigenvalue weighted by Gasteiger charge is -2.22. The van der Waals surface area contributed by atoms with E-state index in [0.717, 1.165) is 18.9 Å². The van der Waals surface area contributed by atoms with Crippen LogP contribution in [0, 0.1) is 23.1 Å². The van der Waals surface area contributed by atoms with Crippen LogP contribution in [0.25, 0.3) is 0 Å². The van der Waals surface area contributed by atoms with Gasteiger partial charge >= 0.3 is 0 Å². The normalized spacial score (nSPS) is 12.3. The van der Waals surface area contributed by atoms with Crippen molar-refractivity contribution in [1.29, 1.82) is 5.26 Å². The molecule has 1 aromatic rings. The highest BCUT2D eigenvalue weighted by molar-refractivity contribution is 6.30. The highest BCUT2D eigenvalue weighted by Crippen LogP contribution is 2.22.